The third-order valence-corrected chi connectivity index (χ3v) is 5.49. The van der Waals surface area contributed by atoms with Crippen molar-refractivity contribution >= 4 is 11.7 Å². The fourth-order valence-corrected chi connectivity index (χ4v) is 4.22. The number of hydrogen-bond acceptors (Lipinski definition) is 4. The van der Waals surface area contributed by atoms with Crippen molar-refractivity contribution in [2.75, 3.05) is 13.2 Å². The van der Waals surface area contributed by atoms with Gasteiger partial charge in [-0.2, -0.15) is 0 Å². The lowest BCUT2D eigenvalue weighted by Gasteiger charge is -2.37. The van der Waals surface area contributed by atoms with E-state index in [1.54, 1.807) is 0 Å². The van der Waals surface area contributed by atoms with Crippen LogP contribution in [0.4, 0.5) is 0 Å². The smallest absolute Gasteiger partial charge is 0.223 e. The van der Waals surface area contributed by atoms with Crippen LogP contribution in [0.5, 0.6) is 11.5 Å². The number of amides is 1. The van der Waals surface area contributed by atoms with E-state index in [0.717, 1.165) is 30.8 Å². The Balaban J connectivity index is 1.31. The first-order valence-electron chi connectivity index (χ1n) is 8.90. The highest BCUT2D eigenvalue weighted by Crippen LogP contribution is 2.40. The number of carbonyl (C=O) groups is 2. The minimum Gasteiger partial charge on any atom is -0.486 e. The van der Waals surface area contributed by atoms with Gasteiger partial charge in [-0.25, -0.2) is 0 Å². The summed E-state index contributed by atoms with van der Waals surface area (Å²) in [6.07, 6.45) is 4.29. The van der Waals surface area contributed by atoms with Crippen molar-refractivity contribution in [3.8, 4) is 11.5 Å². The number of ether oxygens (including phenoxy) is 2. The van der Waals surface area contributed by atoms with Gasteiger partial charge in [-0.05, 0) is 37.8 Å². The third-order valence-electron chi connectivity index (χ3n) is 5.49. The standard InChI is InChI=1S/C19H23NO4/c21-18-12-4-3-5-13(18)9-14(8-12)19(22)20-10-15-11-23-16-6-1-2-7-17(16)24-15/h1-2,6-7,12-15H,3-5,8-11H2,(H,20,22)/t12-,13+,14?,15-/m1/s1. The number of fused-ring (bicyclic) bond motifs is 3. The van der Waals surface area contributed by atoms with E-state index < -0.39 is 0 Å². The Kier molecular flexibility index (Phi) is 4.17. The summed E-state index contributed by atoms with van der Waals surface area (Å²) < 4.78 is 11.5. The minimum atomic E-state index is -0.173. The molecule has 4 rings (SSSR count). The Morgan fingerprint density at radius 3 is 2.58 bits per heavy atom. The molecule has 128 valence electrons. The predicted molar refractivity (Wildman–Crippen MR) is 87.9 cm³/mol. The normalized spacial score (nSPS) is 31.4. The van der Waals surface area contributed by atoms with Gasteiger partial charge in [-0.1, -0.05) is 18.6 Å². The Labute approximate surface area is 141 Å². The van der Waals surface area contributed by atoms with Gasteiger partial charge in [0.05, 0.1) is 6.54 Å². The predicted octanol–water partition coefficient (Wildman–Crippen LogP) is 2.34. The topological polar surface area (TPSA) is 64.6 Å². The fourth-order valence-electron chi connectivity index (χ4n) is 4.22. The Morgan fingerprint density at radius 2 is 1.83 bits per heavy atom. The van der Waals surface area contributed by atoms with Crippen LogP contribution >= 0.6 is 0 Å². The molecule has 1 unspecified atom stereocenters. The highest BCUT2D eigenvalue weighted by atomic mass is 16.6. The number of para-hydroxylation sites is 2. The summed E-state index contributed by atoms with van der Waals surface area (Å²) >= 11 is 0. The molecule has 3 aliphatic rings. The van der Waals surface area contributed by atoms with E-state index >= 15 is 0 Å². The van der Waals surface area contributed by atoms with E-state index in [0.29, 0.717) is 31.8 Å². The van der Waals surface area contributed by atoms with E-state index in [4.69, 9.17) is 9.47 Å². The maximum Gasteiger partial charge on any atom is 0.223 e. The van der Waals surface area contributed by atoms with Crippen molar-refractivity contribution in [2.24, 2.45) is 17.8 Å². The molecule has 1 aromatic rings. The number of hydrogen-bond donors (Lipinski definition) is 1. The van der Waals surface area contributed by atoms with Crippen molar-refractivity contribution in [1.29, 1.82) is 0 Å². The largest absolute Gasteiger partial charge is 0.486 e. The Hall–Kier alpha value is -2.04. The first-order chi connectivity index (χ1) is 11.7. The van der Waals surface area contributed by atoms with Crippen LogP contribution in [0.25, 0.3) is 0 Å². The average Bonchev–Trinajstić information content (AvgIpc) is 2.59. The van der Waals surface area contributed by atoms with Crippen LogP contribution in [0, 0.1) is 17.8 Å². The van der Waals surface area contributed by atoms with Crippen molar-refractivity contribution in [2.45, 2.75) is 38.2 Å². The summed E-state index contributed by atoms with van der Waals surface area (Å²) in [5, 5.41) is 3.00. The summed E-state index contributed by atoms with van der Waals surface area (Å²) in [7, 11) is 0. The van der Waals surface area contributed by atoms with Crippen LogP contribution < -0.4 is 14.8 Å². The van der Waals surface area contributed by atoms with Crippen LogP contribution in [0.2, 0.25) is 0 Å². The average molecular weight is 329 g/mol. The van der Waals surface area contributed by atoms with Crippen molar-refractivity contribution < 1.29 is 19.1 Å². The number of Topliss-reactive ketones (excluding diaryl/α,β-unsaturated/α-hetero) is 1. The van der Waals surface area contributed by atoms with Gasteiger partial charge >= 0.3 is 0 Å². The molecule has 2 fully saturated rings. The molecule has 0 spiro atoms. The second kappa shape index (κ2) is 6.46. The zero-order valence-electron chi connectivity index (χ0n) is 13.7. The van der Waals surface area contributed by atoms with E-state index in [9.17, 15) is 9.59 Å². The summed E-state index contributed by atoms with van der Waals surface area (Å²) in [4.78, 5) is 24.6. The number of rotatable bonds is 3. The molecule has 1 amide bonds. The molecule has 0 radical (unpaired) electrons. The van der Waals surface area contributed by atoms with Gasteiger partial charge < -0.3 is 14.8 Å². The SMILES string of the molecule is O=C(NC[C@@H]1COc2ccccc2O1)C1C[C@H]2CCC[C@@H](C1)C2=O. The van der Waals surface area contributed by atoms with E-state index in [2.05, 4.69) is 5.32 Å². The second-order valence-corrected chi connectivity index (χ2v) is 7.14. The molecular weight excluding hydrogens is 306 g/mol. The highest BCUT2D eigenvalue weighted by molar-refractivity contribution is 5.88. The Bertz CT molecular complexity index is 628. The first-order valence-corrected chi connectivity index (χ1v) is 8.90. The minimum absolute atomic E-state index is 0.0326. The van der Waals surface area contributed by atoms with E-state index in [1.165, 1.54) is 0 Å². The van der Waals surface area contributed by atoms with Crippen LogP contribution in [0.3, 0.4) is 0 Å². The molecule has 1 N–H and O–H groups in total. The van der Waals surface area contributed by atoms with Gasteiger partial charge in [0.25, 0.3) is 0 Å². The first kappa shape index (κ1) is 15.5. The fraction of sp³-hybridized carbons (Fsp3) is 0.579. The summed E-state index contributed by atoms with van der Waals surface area (Å²) in [5.74, 6) is 2.10. The highest BCUT2D eigenvalue weighted by Gasteiger charge is 2.41. The molecule has 24 heavy (non-hydrogen) atoms. The maximum absolute atomic E-state index is 12.5. The number of ketones is 1. The van der Waals surface area contributed by atoms with Gasteiger partial charge in [0, 0.05) is 17.8 Å². The van der Waals surface area contributed by atoms with Gasteiger partial charge in [0.1, 0.15) is 18.5 Å². The van der Waals surface area contributed by atoms with Gasteiger partial charge in [-0.3, -0.25) is 9.59 Å². The molecule has 5 heteroatoms. The molecular formula is C19H23NO4. The molecule has 1 aliphatic heterocycles. The molecule has 1 aromatic carbocycles. The van der Waals surface area contributed by atoms with Crippen molar-refractivity contribution in [1.82, 2.24) is 5.32 Å². The molecule has 5 nitrogen and oxygen atoms in total. The van der Waals surface area contributed by atoms with Gasteiger partial charge in [-0.15, -0.1) is 0 Å². The molecule has 1 heterocycles. The number of benzene rings is 1. The molecule has 2 bridgehead atoms. The third kappa shape index (κ3) is 2.99. The van der Waals surface area contributed by atoms with Gasteiger partial charge in [0.2, 0.25) is 5.91 Å². The summed E-state index contributed by atoms with van der Waals surface area (Å²) in [6, 6.07) is 7.56. The Morgan fingerprint density at radius 1 is 1.12 bits per heavy atom. The summed E-state index contributed by atoms with van der Waals surface area (Å²) in [5.41, 5.74) is 0. The summed E-state index contributed by atoms with van der Waals surface area (Å²) in [6.45, 7) is 0.874. The number of carbonyl (C=O) groups excluding carboxylic acids is 2. The van der Waals surface area contributed by atoms with Gasteiger partial charge in [0.15, 0.2) is 11.5 Å². The van der Waals surface area contributed by atoms with E-state index in [1.807, 2.05) is 24.3 Å². The zero-order chi connectivity index (χ0) is 16.5. The van der Waals surface area contributed by atoms with Crippen LogP contribution in [-0.4, -0.2) is 30.9 Å². The monoisotopic (exact) mass is 329 g/mol. The number of nitrogens with one attached hydrogen (secondary N) is 1. The van der Waals surface area contributed by atoms with Crippen molar-refractivity contribution in [3.05, 3.63) is 24.3 Å². The van der Waals surface area contributed by atoms with E-state index in [-0.39, 0.29) is 29.8 Å². The van der Waals surface area contributed by atoms with Crippen LogP contribution in [0.15, 0.2) is 24.3 Å². The quantitative estimate of drug-likeness (QED) is 0.924. The second-order valence-electron chi connectivity index (χ2n) is 7.14. The maximum atomic E-state index is 12.5. The molecule has 0 aromatic heterocycles. The molecule has 4 atom stereocenters. The zero-order valence-corrected chi connectivity index (χ0v) is 13.7. The van der Waals surface area contributed by atoms with Crippen molar-refractivity contribution in [3.63, 3.8) is 0 Å². The molecule has 2 saturated carbocycles. The lowest BCUT2D eigenvalue weighted by molar-refractivity contribution is -0.137. The van der Waals surface area contributed by atoms with Crippen LogP contribution in [0.1, 0.15) is 32.1 Å². The lowest BCUT2D eigenvalue weighted by Crippen LogP contribution is -2.46. The lowest BCUT2D eigenvalue weighted by atomic mass is 9.67. The molecule has 2 aliphatic carbocycles. The van der Waals surface area contributed by atoms with Crippen LogP contribution in [-0.2, 0) is 9.59 Å². The molecule has 0 saturated heterocycles.